The number of hydrogen-bond acceptors (Lipinski definition) is 4. The fourth-order valence-corrected chi connectivity index (χ4v) is 1.76. The minimum Gasteiger partial charge on any atom is -0.505 e. The molecule has 4 nitrogen and oxygen atoms in total. The molecule has 0 heterocycles. The summed E-state index contributed by atoms with van der Waals surface area (Å²) < 4.78 is 0. The van der Waals surface area contributed by atoms with Crippen molar-refractivity contribution >= 4 is 28.8 Å². The molecule has 0 unspecified atom stereocenters. The van der Waals surface area contributed by atoms with Gasteiger partial charge in [-0.05, 0) is 24.3 Å². The Morgan fingerprint density at radius 3 is 2.24 bits per heavy atom. The van der Waals surface area contributed by atoms with E-state index in [0.29, 0.717) is 16.3 Å². The highest BCUT2D eigenvalue weighted by molar-refractivity contribution is 6.30. The number of aliphatic hydroxyl groups is 1. The van der Waals surface area contributed by atoms with Gasteiger partial charge in [0.25, 0.3) is 0 Å². The lowest BCUT2D eigenvalue weighted by atomic mass is 10.1. The topological polar surface area (TPSA) is 62.0 Å². The number of azo groups is 1. The zero-order valence-corrected chi connectivity index (χ0v) is 12.1. The van der Waals surface area contributed by atoms with E-state index in [1.54, 1.807) is 48.5 Å². The van der Waals surface area contributed by atoms with E-state index < -0.39 is 0 Å². The molecule has 5 heteroatoms. The Morgan fingerprint density at radius 1 is 1.05 bits per heavy atom. The molecule has 0 amide bonds. The average Bonchev–Trinajstić information content (AvgIpc) is 2.49. The summed E-state index contributed by atoms with van der Waals surface area (Å²) in [4.78, 5) is 11.6. The molecule has 0 saturated heterocycles. The Labute approximate surface area is 127 Å². The van der Waals surface area contributed by atoms with Crippen LogP contribution in [0.15, 0.2) is 70.5 Å². The zero-order valence-electron chi connectivity index (χ0n) is 11.3. The van der Waals surface area contributed by atoms with Gasteiger partial charge in [-0.15, -0.1) is 5.11 Å². The fraction of sp³-hybridized carbons (Fsp3) is 0.0625. The second kappa shape index (κ2) is 6.81. The Kier molecular flexibility index (Phi) is 4.85. The van der Waals surface area contributed by atoms with E-state index >= 15 is 0 Å². The number of Topliss-reactive ketones (excluding diaryl/α,β-unsaturated/α-hetero) is 1. The second-order valence-electron chi connectivity index (χ2n) is 4.30. The zero-order chi connectivity index (χ0) is 15.2. The van der Waals surface area contributed by atoms with Crippen LogP contribution in [0.5, 0.6) is 0 Å². The number of aliphatic hydroxyl groups excluding tert-OH is 1. The third-order valence-corrected chi connectivity index (χ3v) is 2.95. The second-order valence-corrected chi connectivity index (χ2v) is 4.73. The summed E-state index contributed by atoms with van der Waals surface area (Å²) in [6.45, 7) is 1.33. The van der Waals surface area contributed by atoms with Crippen LogP contribution < -0.4 is 0 Å². The lowest BCUT2D eigenvalue weighted by Gasteiger charge is -2.03. The van der Waals surface area contributed by atoms with Crippen LogP contribution in [0, 0.1) is 0 Å². The molecular weight excluding hydrogens is 288 g/mol. The number of carbonyl (C=O) groups excluding carboxylic acids is 1. The van der Waals surface area contributed by atoms with Crippen LogP contribution in [0.25, 0.3) is 5.76 Å². The van der Waals surface area contributed by atoms with Gasteiger partial charge in [0.05, 0.1) is 5.69 Å². The first kappa shape index (κ1) is 14.9. The molecule has 0 aliphatic rings. The molecule has 0 saturated carbocycles. The summed E-state index contributed by atoms with van der Waals surface area (Å²) in [6.07, 6.45) is 0. The average molecular weight is 301 g/mol. The standard InChI is InChI=1S/C16H13ClN2O2/c1-11(20)15(16(21)12-5-3-2-4-6-12)19-18-14-9-7-13(17)8-10-14/h2-10,21H,1H3/b16-15+,19-18?. The fourth-order valence-electron chi connectivity index (χ4n) is 1.63. The third kappa shape index (κ3) is 4.00. The monoisotopic (exact) mass is 300 g/mol. The van der Waals surface area contributed by atoms with Crippen molar-refractivity contribution in [2.45, 2.75) is 6.92 Å². The first-order chi connectivity index (χ1) is 10.1. The molecule has 0 atom stereocenters. The highest BCUT2D eigenvalue weighted by Crippen LogP contribution is 2.21. The quantitative estimate of drug-likeness (QED) is 0.494. The Morgan fingerprint density at radius 2 is 1.67 bits per heavy atom. The van der Waals surface area contributed by atoms with Gasteiger partial charge < -0.3 is 5.11 Å². The van der Waals surface area contributed by atoms with E-state index in [4.69, 9.17) is 11.6 Å². The maximum atomic E-state index is 11.6. The van der Waals surface area contributed by atoms with Gasteiger partial charge in [0.1, 0.15) is 0 Å². The number of benzene rings is 2. The predicted molar refractivity (Wildman–Crippen MR) is 82.6 cm³/mol. The summed E-state index contributed by atoms with van der Waals surface area (Å²) in [5.41, 5.74) is 0.966. The summed E-state index contributed by atoms with van der Waals surface area (Å²) in [7, 11) is 0. The number of hydrogen-bond donors (Lipinski definition) is 1. The van der Waals surface area contributed by atoms with Crippen LogP contribution >= 0.6 is 11.6 Å². The molecule has 0 radical (unpaired) electrons. The third-order valence-electron chi connectivity index (χ3n) is 2.70. The number of halogens is 1. The van der Waals surface area contributed by atoms with Gasteiger partial charge in [-0.1, -0.05) is 41.9 Å². The van der Waals surface area contributed by atoms with Crippen LogP contribution in [0.1, 0.15) is 12.5 Å². The van der Waals surface area contributed by atoms with Gasteiger partial charge in [0, 0.05) is 17.5 Å². The highest BCUT2D eigenvalue weighted by atomic mass is 35.5. The van der Waals surface area contributed by atoms with E-state index in [1.165, 1.54) is 6.92 Å². The summed E-state index contributed by atoms with van der Waals surface area (Å²) >= 11 is 5.78. The lowest BCUT2D eigenvalue weighted by molar-refractivity contribution is -0.113. The molecule has 2 aromatic carbocycles. The summed E-state index contributed by atoms with van der Waals surface area (Å²) in [5.74, 6) is -0.560. The Hall–Kier alpha value is -2.46. The van der Waals surface area contributed by atoms with Gasteiger partial charge in [0.2, 0.25) is 0 Å². The molecule has 0 fully saturated rings. The summed E-state index contributed by atoms with van der Waals surface area (Å²) in [6, 6.07) is 15.4. The van der Waals surface area contributed by atoms with Crippen LogP contribution in [-0.4, -0.2) is 10.9 Å². The molecule has 0 aromatic heterocycles. The Bertz CT molecular complexity index is 692. The van der Waals surface area contributed by atoms with Crippen molar-refractivity contribution < 1.29 is 9.90 Å². The van der Waals surface area contributed by atoms with E-state index in [2.05, 4.69) is 10.2 Å². The first-order valence-corrected chi connectivity index (χ1v) is 6.62. The van der Waals surface area contributed by atoms with Crippen molar-refractivity contribution in [3.63, 3.8) is 0 Å². The van der Waals surface area contributed by atoms with Crippen LogP contribution in [0.2, 0.25) is 5.02 Å². The molecule has 2 aromatic rings. The maximum Gasteiger partial charge on any atom is 0.183 e. The normalized spacial score (nSPS) is 12.3. The number of carbonyl (C=O) groups is 1. The number of nitrogens with zero attached hydrogens (tertiary/aromatic N) is 2. The lowest BCUT2D eigenvalue weighted by Crippen LogP contribution is -1.98. The van der Waals surface area contributed by atoms with Gasteiger partial charge in [-0.2, -0.15) is 5.11 Å². The van der Waals surface area contributed by atoms with Crippen LogP contribution in [-0.2, 0) is 4.79 Å². The number of ketones is 1. The Balaban J connectivity index is 2.36. The van der Waals surface area contributed by atoms with E-state index in [9.17, 15) is 9.90 Å². The molecule has 0 aliphatic heterocycles. The molecule has 21 heavy (non-hydrogen) atoms. The minimum atomic E-state index is -0.367. The molecule has 2 rings (SSSR count). The van der Waals surface area contributed by atoms with Crippen molar-refractivity contribution in [2.24, 2.45) is 10.2 Å². The number of allylic oxidation sites excluding steroid dienone is 1. The van der Waals surface area contributed by atoms with E-state index in [-0.39, 0.29) is 17.2 Å². The molecule has 0 aliphatic carbocycles. The summed E-state index contributed by atoms with van der Waals surface area (Å²) in [5, 5.41) is 18.5. The SMILES string of the molecule is CC(=O)/C(N=Nc1ccc(Cl)cc1)=C(\O)c1ccccc1. The van der Waals surface area contributed by atoms with Crippen molar-refractivity contribution in [1.82, 2.24) is 0 Å². The number of rotatable bonds is 4. The molecule has 106 valence electrons. The largest absolute Gasteiger partial charge is 0.505 e. The van der Waals surface area contributed by atoms with Gasteiger partial charge >= 0.3 is 0 Å². The maximum absolute atomic E-state index is 11.6. The van der Waals surface area contributed by atoms with Gasteiger partial charge in [-0.3, -0.25) is 4.79 Å². The molecular formula is C16H13ClN2O2. The van der Waals surface area contributed by atoms with Crippen LogP contribution in [0.4, 0.5) is 5.69 Å². The van der Waals surface area contributed by atoms with Crippen molar-refractivity contribution in [3.05, 3.63) is 70.9 Å². The van der Waals surface area contributed by atoms with Gasteiger partial charge in [-0.25, -0.2) is 0 Å². The predicted octanol–water partition coefficient (Wildman–Crippen LogP) is 4.94. The van der Waals surface area contributed by atoms with E-state index in [0.717, 1.165) is 0 Å². The smallest absolute Gasteiger partial charge is 0.183 e. The van der Waals surface area contributed by atoms with Crippen molar-refractivity contribution in [3.8, 4) is 0 Å². The molecule has 0 spiro atoms. The van der Waals surface area contributed by atoms with Crippen molar-refractivity contribution in [1.29, 1.82) is 0 Å². The first-order valence-electron chi connectivity index (χ1n) is 6.25. The molecule has 0 bridgehead atoms. The van der Waals surface area contributed by atoms with E-state index in [1.807, 2.05) is 6.07 Å². The van der Waals surface area contributed by atoms with Crippen LogP contribution in [0.3, 0.4) is 0 Å². The minimum absolute atomic E-state index is 0.0869. The molecule has 1 N–H and O–H groups in total. The van der Waals surface area contributed by atoms with Crippen molar-refractivity contribution in [2.75, 3.05) is 0 Å². The van der Waals surface area contributed by atoms with Gasteiger partial charge in [0.15, 0.2) is 17.2 Å². The highest BCUT2D eigenvalue weighted by Gasteiger charge is 2.12.